The number of ether oxygens (including phenoxy) is 2. The lowest BCUT2D eigenvalue weighted by atomic mass is 10.1. The average molecular weight is 518 g/mol. The van der Waals surface area contributed by atoms with Crippen molar-refractivity contribution in [2.75, 3.05) is 27.3 Å². The number of carbonyl (C=O) groups is 1. The fourth-order valence-electron chi connectivity index (χ4n) is 3.85. The molecule has 13 heteroatoms. The van der Waals surface area contributed by atoms with Crippen LogP contribution >= 0.6 is 0 Å². The Morgan fingerprint density at radius 3 is 2.70 bits per heavy atom. The van der Waals surface area contributed by atoms with Crippen LogP contribution in [0.1, 0.15) is 28.9 Å². The van der Waals surface area contributed by atoms with Gasteiger partial charge >= 0.3 is 6.18 Å². The first-order chi connectivity index (χ1) is 17.7. The van der Waals surface area contributed by atoms with Crippen molar-refractivity contribution in [2.45, 2.75) is 25.7 Å². The quantitative estimate of drug-likeness (QED) is 0.488. The van der Waals surface area contributed by atoms with E-state index in [9.17, 15) is 18.0 Å². The highest BCUT2D eigenvalue weighted by Crippen LogP contribution is 2.36. The number of aliphatic imine (C=N–C) groups is 1. The number of hydrogen-bond acceptors (Lipinski definition) is 9. The normalized spacial score (nSPS) is 15.6. The maximum atomic E-state index is 13.2. The Labute approximate surface area is 210 Å². The summed E-state index contributed by atoms with van der Waals surface area (Å²) in [5.74, 6) is 0.194. The maximum absolute atomic E-state index is 13.2. The van der Waals surface area contributed by atoms with Crippen molar-refractivity contribution in [3.63, 3.8) is 0 Å². The average Bonchev–Trinajstić information content (AvgIpc) is 3.31. The van der Waals surface area contributed by atoms with E-state index < -0.39 is 17.8 Å². The van der Waals surface area contributed by atoms with Gasteiger partial charge in [0.05, 0.1) is 20.3 Å². The number of oxazole rings is 1. The van der Waals surface area contributed by atoms with Crippen molar-refractivity contribution in [3.05, 3.63) is 53.8 Å². The van der Waals surface area contributed by atoms with Crippen LogP contribution in [0.3, 0.4) is 0 Å². The third-order valence-electron chi connectivity index (χ3n) is 5.69. The lowest BCUT2D eigenvalue weighted by Gasteiger charge is -2.29. The van der Waals surface area contributed by atoms with Gasteiger partial charge in [-0.15, -0.1) is 0 Å². The van der Waals surface area contributed by atoms with Gasteiger partial charge in [0.1, 0.15) is 23.0 Å². The number of nitrogens with one attached hydrogen (secondary N) is 1. The van der Waals surface area contributed by atoms with Gasteiger partial charge in [-0.05, 0) is 31.2 Å². The molecule has 0 saturated carbocycles. The number of benzene rings is 1. The summed E-state index contributed by atoms with van der Waals surface area (Å²) in [5, 5.41) is 3.10. The number of likely N-dealkylation sites (N-methyl/N-ethyl adjacent to an activating group) is 1. The van der Waals surface area contributed by atoms with E-state index in [4.69, 9.17) is 19.6 Å². The Balaban J connectivity index is 1.65. The summed E-state index contributed by atoms with van der Waals surface area (Å²) < 4.78 is 56.3. The summed E-state index contributed by atoms with van der Waals surface area (Å²) in [6.07, 6.45) is -1.28. The topological polar surface area (TPSA) is 128 Å². The molecule has 0 radical (unpaired) electrons. The zero-order valence-corrected chi connectivity index (χ0v) is 20.3. The van der Waals surface area contributed by atoms with Crippen molar-refractivity contribution in [1.82, 2.24) is 20.2 Å². The Morgan fingerprint density at radius 2 is 2.03 bits per heavy atom. The molecule has 3 heterocycles. The Kier molecular flexibility index (Phi) is 7.34. The number of pyridine rings is 1. The van der Waals surface area contributed by atoms with E-state index in [1.165, 1.54) is 19.2 Å². The molecule has 1 atom stereocenters. The molecule has 1 unspecified atom stereocenters. The van der Waals surface area contributed by atoms with Crippen LogP contribution in [0.5, 0.6) is 5.75 Å². The van der Waals surface area contributed by atoms with E-state index in [0.29, 0.717) is 23.5 Å². The van der Waals surface area contributed by atoms with E-state index in [2.05, 4.69) is 20.3 Å². The van der Waals surface area contributed by atoms with E-state index in [1.54, 1.807) is 18.5 Å². The van der Waals surface area contributed by atoms with E-state index >= 15 is 0 Å². The molecule has 0 spiro atoms. The molecule has 4 rings (SSSR count). The minimum atomic E-state index is -4.63. The third kappa shape index (κ3) is 5.21. The van der Waals surface area contributed by atoms with Gasteiger partial charge in [0.15, 0.2) is 11.5 Å². The molecular formula is C24H25F3N6O4. The number of rotatable bonds is 7. The van der Waals surface area contributed by atoms with Crippen molar-refractivity contribution < 1.29 is 31.9 Å². The second-order valence-electron chi connectivity index (χ2n) is 7.99. The highest BCUT2D eigenvalue weighted by molar-refractivity contribution is 5.98. The Morgan fingerprint density at radius 1 is 1.24 bits per heavy atom. The lowest BCUT2D eigenvalue weighted by Crippen LogP contribution is -2.47. The number of nitrogens with zero attached hydrogens (tertiary/aromatic N) is 4. The van der Waals surface area contributed by atoms with Gasteiger partial charge in [0.25, 0.3) is 5.91 Å². The Hall–Kier alpha value is -4.13. The zero-order valence-electron chi connectivity index (χ0n) is 20.3. The molecule has 1 aliphatic rings. The summed E-state index contributed by atoms with van der Waals surface area (Å²) in [7, 11) is 3.16. The van der Waals surface area contributed by atoms with E-state index in [-0.39, 0.29) is 47.7 Å². The van der Waals surface area contributed by atoms with E-state index in [1.807, 2.05) is 18.9 Å². The summed E-state index contributed by atoms with van der Waals surface area (Å²) in [6, 6.07) is 4.81. The number of nitrogens with two attached hydrogens (primary N) is 1. The van der Waals surface area contributed by atoms with Crippen molar-refractivity contribution in [2.24, 2.45) is 10.7 Å². The van der Waals surface area contributed by atoms with Crippen LogP contribution in [0.15, 0.2) is 46.1 Å². The number of halogens is 3. The number of aromatic nitrogens is 2. The fourth-order valence-corrected chi connectivity index (χ4v) is 3.85. The standard InChI is InChI=1S/C24H25F3N6O4/c1-4-36-23-15(33(2)10-9-29-23)12-30-21(34)20-17(11-28)37-22(32-20)14-5-7-16(35-3)19-13(14)6-8-18(31-19)24(25,26)27/h5-10,15H,4,11-12,28H2,1-3H3,(H,30,34). The van der Waals surface area contributed by atoms with Gasteiger partial charge in [-0.3, -0.25) is 4.79 Å². The second-order valence-corrected chi connectivity index (χ2v) is 7.99. The Bertz CT molecular complexity index is 1370. The number of methoxy groups -OCH3 is 1. The first kappa shape index (κ1) is 25.9. The highest BCUT2D eigenvalue weighted by Gasteiger charge is 2.33. The number of alkyl halides is 3. The van der Waals surface area contributed by atoms with Crippen LogP contribution in [-0.2, 0) is 17.5 Å². The molecular weight excluding hydrogens is 493 g/mol. The van der Waals surface area contributed by atoms with Crippen molar-refractivity contribution >= 4 is 22.7 Å². The van der Waals surface area contributed by atoms with Crippen LogP contribution in [0.25, 0.3) is 22.4 Å². The first-order valence-electron chi connectivity index (χ1n) is 11.3. The van der Waals surface area contributed by atoms with Crippen molar-refractivity contribution in [3.8, 4) is 17.2 Å². The van der Waals surface area contributed by atoms with Crippen LogP contribution in [0.4, 0.5) is 13.2 Å². The number of carbonyl (C=O) groups excluding carboxylic acids is 1. The minimum Gasteiger partial charge on any atom is -0.494 e. The zero-order chi connectivity index (χ0) is 26.7. The molecule has 3 aromatic rings. The highest BCUT2D eigenvalue weighted by atomic mass is 19.4. The molecule has 0 saturated heterocycles. The summed E-state index contributed by atoms with van der Waals surface area (Å²) in [6.45, 7) is 2.30. The molecule has 1 aliphatic heterocycles. The number of amides is 1. The summed E-state index contributed by atoms with van der Waals surface area (Å²) >= 11 is 0. The number of hydrogen-bond donors (Lipinski definition) is 2. The molecule has 1 amide bonds. The van der Waals surface area contributed by atoms with Gasteiger partial charge in [-0.25, -0.2) is 15.0 Å². The van der Waals surface area contributed by atoms with Crippen LogP contribution in [0, 0.1) is 0 Å². The molecule has 10 nitrogen and oxygen atoms in total. The molecule has 0 bridgehead atoms. The van der Waals surface area contributed by atoms with Crippen LogP contribution < -0.4 is 15.8 Å². The third-order valence-corrected chi connectivity index (χ3v) is 5.69. The summed E-state index contributed by atoms with van der Waals surface area (Å²) in [5.41, 5.74) is 5.00. The fraction of sp³-hybridized carbons (Fsp3) is 0.333. The van der Waals surface area contributed by atoms with Gasteiger partial charge < -0.3 is 29.8 Å². The SMILES string of the molecule is CCOC1=NC=CN(C)C1CNC(=O)c1nc(-c2ccc(OC)c3nc(C(F)(F)F)ccc23)oc1CN. The largest absolute Gasteiger partial charge is 0.494 e. The van der Waals surface area contributed by atoms with Gasteiger partial charge in [0, 0.05) is 36.9 Å². The molecule has 37 heavy (non-hydrogen) atoms. The molecule has 0 aliphatic carbocycles. The monoisotopic (exact) mass is 518 g/mol. The lowest BCUT2D eigenvalue weighted by molar-refractivity contribution is -0.140. The molecule has 196 valence electrons. The molecule has 0 fully saturated rings. The maximum Gasteiger partial charge on any atom is 0.433 e. The minimum absolute atomic E-state index is 0.00842. The predicted molar refractivity (Wildman–Crippen MR) is 129 cm³/mol. The van der Waals surface area contributed by atoms with Crippen molar-refractivity contribution in [1.29, 1.82) is 0 Å². The molecule has 1 aromatic carbocycles. The van der Waals surface area contributed by atoms with Crippen LogP contribution in [0.2, 0.25) is 0 Å². The first-order valence-corrected chi connectivity index (χ1v) is 11.3. The second kappa shape index (κ2) is 10.5. The molecule has 3 N–H and O–H groups in total. The molecule has 2 aromatic heterocycles. The summed E-state index contributed by atoms with van der Waals surface area (Å²) in [4.78, 5) is 27.2. The van der Waals surface area contributed by atoms with Gasteiger partial charge in [-0.1, -0.05) is 0 Å². The predicted octanol–water partition coefficient (Wildman–Crippen LogP) is 3.33. The smallest absolute Gasteiger partial charge is 0.433 e. The van der Waals surface area contributed by atoms with E-state index in [0.717, 1.165) is 6.07 Å². The number of fused-ring (bicyclic) bond motifs is 1. The van der Waals surface area contributed by atoms with Gasteiger partial charge in [0.2, 0.25) is 11.8 Å². The van der Waals surface area contributed by atoms with Gasteiger partial charge in [-0.2, -0.15) is 13.2 Å². The van der Waals surface area contributed by atoms with Crippen LogP contribution in [-0.4, -0.2) is 60.0 Å².